The van der Waals surface area contributed by atoms with Crippen LogP contribution < -0.4 is 0 Å². The second-order valence-electron chi connectivity index (χ2n) is 5.65. The highest BCUT2D eigenvalue weighted by Crippen LogP contribution is 2.21. The Morgan fingerprint density at radius 3 is 2.75 bits per heavy atom. The van der Waals surface area contributed by atoms with Gasteiger partial charge in [-0.15, -0.1) is 0 Å². The molecule has 0 bridgehead atoms. The predicted octanol–water partition coefficient (Wildman–Crippen LogP) is 4.57. The number of nitrogens with zero attached hydrogens (tertiary/aromatic N) is 1. The maximum Gasteiger partial charge on any atom is 0.164 e. The van der Waals surface area contributed by atoms with Crippen LogP contribution in [0.15, 0.2) is 24.3 Å². The van der Waals surface area contributed by atoms with Gasteiger partial charge in [0.15, 0.2) is 5.78 Å². The number of halogens is 1. The van der Waals surface area contributed by atoms with E-state index in [2.05, 4.69) is 11.8 Å². The molecule has 2 rings (SSSR count). The van der Waals surface area contributed by atoms with E-state index in [1.54, 1.807) is 12.1 Å². The maximum atomic E-state index is 12.2. The first-order valence-corrected chi connectivity index (χ1v) is 8.11. The molecule has 1 fully saturated rings. The molecular formula is C17H24ClNO. The van der Waals surface area contributed by atoms with Crippen LogP contribution in [0.1, 0.15) is 55.8 Å². The second kappa shape index (κ2) is 7.80. The van der Waals surface area contributed by atoms with Crippen LogP contribution in [0.4, 0.5) is 0 Å². The Hall–Kier alpha value is -0.860. The molecule has 1 aromatic rings. The van der Waals surface area contributed by atoms with Crippen molar-refractivity contribution in [1.82, 2.24) is 4.90 Å². The van der Waals surface area contributed by atoms with Gasteiger partial charge in [0, 0.05) is 29.6 Å². The van der Waals surface area contributed by atoms with Crippen molar-refractivity contribution >= 4 is 17.4 Å². The third-order valence-corrected chi connectivity index (χ3v) is 4.42. The normalized spacial score (nSPS) is 20.0. The third kappa shape index (κ3) is 4.32. The zero-order valence-electron chi connectivity index (χ0n) is 12.3. The van der Waals surface area contributed by atoms with Crippen LogP contribution in [0, 0.1) is 0 Å². The summed E-state index contributed by atoms with van der Waals surface area (Å²) in [5.74, 6) is 0.225. The van der Waals surface area contributed by atoms with Crippen molar-refractivity contribution in [1.29, 1.82) is 0 Å². The predicted molar refractivity (Wildman–Crippen MR) is 84.5 cm³/mol. The molecule has 0 radical (unpaired) electrons. The minimum atomic E-state index is 0.225. The molecule has 2 nitrogen and oxygen atoms in total. The first-order valence-electron chi connectivity index (χ1n) is 7.73. The number of Topliss-reactive ketones (excluding diaryl/α,β-unsaturated/α-hetero) is 1. The lowest BCUT2D eigenvalue weighted by molar-refractivity contribution is 0.0919. The van der Waals surface area contributed by atoms with Crippen molar-refractivity contribution in [2.24, 2.45) is 0 Å². The van der Waals surface area contributed by atoms with Crippen molar-refractivity contribution in [3.8, 4) is 0 Å². The molecule has 3 heteroatoms. The van der Waals surface area contributed by atoms with E-state index in [1.807, 2.05) is 12.1 Å². The van der Waals surface area contributed by atoms with Crippen LogP contribution in [0.2, 0.25) is 5.02 Å². The first-order chi connectivity index (χ1) is 9.70. The van der Waals surface area contributed by atoms with Gasteiger partial charge in [-0.2, -0.15) is 0 Å². The highest BCUT2D eigenvalue weighted by Gasteiger charge is 2.21. The number of carbonyl (C=O) groups is 1. The molecule has 0 amide bonds. The molecule has 1 aromatic carbocycles. The fourth-order valence-electron chi connectivity index (χ4n) is 3.04. The highest BCUT2D eigenvalue weighted by atomic mass is 35.5. The van der Waals surface area contributed by atoms with Gasteiger partial charge >= 0.3 is 0 Å². The van der Waals surface area contributed by atoms with Crippen LogP contribution in [0.5, 0.6) is 0 Å². The Bertz CT molecular complexity index is 427. The molecule has 0 aliphatic carbocycles. The van der Waals surface area contributed by atoms with Crippen LogP contribution in [0.3, 0.4) is 0 Å². The molecule has 0 spiro atoms. The first kappa shape index (κ1) is 15.5. The largest absolute Gasteiger partial charge is 0.300 e. The summed E-state index contributed by atoms with van der Waals surface area (Å²) >= 11 is 5.85. The Balaban J connectivity index is 1.86. The van der Waals surface area contributed by atoms with E-state index in [-0.39, 0.29) is 5.78 Å². The molecule has 1 aliphatic rings. The van der Waals surface area contributed by atoms with Crippen LogP contribution in [-0.4, -0.2) is 29.8 Å². The molecule has 0 N–H and O–H groups in total. The average molecular weight is 294 g/mol. The Kier molecular flexibility index (Phi) is 6.06. The van der Waals surface area contributed by atoms with E-state index in [4.69, 9.17) is 11.6 Å². The number of piperidine rings is 1. The lowest BCUT2D eigenvalue weighted by atomic mass is 9.97. The van der Waals surface area contributed by atoms with Gasteiger partial charge in [0.25, 0.3) is 0 Å². The Labute approximate surface area is 127 Å². The van der Waals surface area contributed by atoms with Crippen molar-refractivity contribution in [3.05, 3.63) is 34.9 Å². The maximum absolute atomic E-state index is 12.2. The second-order valence-corrected chi connectivity index (χ2v) is 6.09. The lowest BCUT2D eigenvalue weighted by Gasteiger charge is -2.35. The summed E-state index contributed by atoms with van der Waals surface area (Å²) in [4.78, 5) is 14.7. The summed E-state index contributed by atoms with van der Waals surface area (Å²) in [5.41, 5.74) is 0.776. The number of carbonyl (C=O) groups excluding carboxylic acids is 1. The average Bonchev–Trinajstić information content (AvgIpc) is 2.47. The number of hydrogen-bond donors (Lipinski definition) is 0. The summed E-state index contributed by atoms with van der Waals surface area (Å²) < 4.78 is 0. The SMILES string of the molecule is CCCC1CCCCN1CCC(=O)c1ccc(Cl)cc1. The van der Waals surface area contributed by atoms with E-state index < -0.39 is 0 Å². The fourth-order valence-corrected chi connectivity index (χ4v) is 3.17. The standard InChI is InChI=1S/C17H24ClNO/c1-2-5-16-6-3-4-12-19(16)13-11-17(20)14-7-9-15(18)10-8-14/h7-10,16H,2-6,11-13H2,1H3. The fraction of sp³-hybridized carbons (Fsp3) is 0.588. The highest BCUT2D eigenvalue weighted by molar-refractivity contribution is 6.30. The van der Waals surface area contributed by atoms with Gasteiger partial charge in [0.1, 0.15) is 0 Å². The molecule has 1 heterocycles. The molecular weight excluding hydrogens is 270 g/mol. The molecule has 1 saturated heterocycles. The number of likely N-dealkylation sites (tertiary alicyclic amines) is 1. The number of ketones is 1. The molecule has 110 valence electrons. The number of hydrogen-bond acceptors (Lipinski definition) is 2. The van der Waals surface area contributed by atoms with Gasteiger partial charge in [-0.25, -0.2) is 0 Å². The molecule has 20 heavy (non-hydrogen) atoms. The topological polar surface area (TPSA) is 20.3 Å². The lowest BCUT2D eigenvalue weighted by Crippen LogP contribution is -2.40. The minimum absolute atomic E-state index is 0.225. The zero-order valence-corrected chi connectivity index (χ0v) is 13.0. The van der Waals surface area contributed by atoms with E-state index in [0.717, 1.165) is 18.7 Å². The molecule has 1 aliphatic heterocycles. The molecule has 0 aromatic heterocycles. The zero-order chi connectivity index (χ0) is 14.4. The van der Waals surface area contributed by atoms with Crippen molar-refractivity contribution < 1.29 is 4.79 Å². The smallest absolute Gasteiger partial charge is 0.164 e. The van der Waals surface area contributed by atoms with E-state index >= 15 is 0 Å². The van der Waals surface area contributed by atoms with Crippen LogP contribution in [-0.2, 0) is 0 Å². The van der Waals surface area contributed by atoms with Crippen molar-refractivity contribution in [2.75, 3.05) is 13.1 Å². The van der Waals surface area contributed by atoms with Crippen LogP contribution in [0.25, 0.3) is 0 Å². The van der Waals surface area contributed by atoms with Gasteiger partial charge in [0.05, 0.1) is 0 Å². The number of rotatable bonds is 6. The summed E-state index contributed by atoms with van der Waals surface area (Å²) in [7, 11) is 0. The summed E-state index contributed by atoms with van der Waals surface area (Å²) in [6, 6.07) is 7.91. The quantitative estimate of drug-likeness (QED) is 0.716. The summed E-state index contributed by atoms with van der Waals surface area (Å²) in [6.07, 6.45) is 7.01. The molecule has 0 saturated carbocycles. The van der Waals surface area contributed by atoms with Gasteiger partial charge in [-0.05, 0) is 50.1 Å². The van der Waals surface area contributed by atoms with Gasteiger partial charge < -0.3 is 0 Å². The summed E-state index contributed by atoms with van der Waals surface area (Å²) in [5, 5.41) is 0.681. The van der Waals surface area contributed by atoms with Crippen LogP contribution >= 0.6 is 11.6 Å². The van der Waals surface area contributed by atoms with Crippen molar-refractivity contribution in [3.63, 3.8) is 0 Å². The Morgan fingerprint density at radius 2 is 2.05 bits per heavy atom. The van der Waals surface area contributed by atoms with Gasteiger partial charge in [-0.3, -0.25) is 9.69 Å². The van der Waals surface area contributed by atoms with E-state index in [0.29, 0.717) is 17.5 Å². The van der Waals surface area contributed by atoms with Gasteiger partial charge in [-0.1, -0.05) is 31.4 Å². The van der Waals surface area contributed by atoms with Gasteiger partial charge in [0.2, 0.25) is 0 Å². The number of benzene rings is 1. The monoisotopic (exact) mass is 293 g/mol. The molecule has 1 atom stereocenters. The van der Waals surface area contributed by atoms with E-state index in [1.165, 1.54) is 32.1 Å². The van der Waals surface area contributed by atoms with E-state index in [9.17, 15) is 4.79 Å². The minimum Gasteiger partial charge on any atom is -0.300 e. The summed E-state index contributed by atoms with van der Waals surface area (Å²) in [6.45, 7) is 4.29. The van der Waals surface area contributed by atoms with Crippen molar-refractivity contribution in [2.45, 2.75) is 51.5 Å². The third-order valence-electron chi connectivity index (χ3n) is 4.16. The Morgan fingerprint density at radius 1 is 1.30 bits per heavy atom. The molecule has 1 unspecified atom stereocenters.